The molecule has 0 spiro atoms. The van der Waals surface area contributed by atoms with E-state index in [0.29, 0.717) is 12.4 Å². The highest BCUT2D eigenvalue weighted by Crippen LogP contribution is 2.48. The summed E-state index contributed by atoms with van der Waals surface area (Å²) >= 11 is 3.57. The van der Waals surface area contributed by atoms with Crippen LogP contribution >= 0.6 is 15.9 Å². The topological polar surface area (TPSA) is 36.9 Å². The van der Waals surface area contributed by atoms with E-state index in [9.17, 15) is 0 Å². The average molecular weight is 417 g/mol. The van der Waals surface area contributed by atoms with Crippen LogP contribution in [-0.2, 0) is 6.61 Å². The van der Waals surface area contributed by atoms with Gasteiger partial charge < -0.3 is 18.9 Å². The zero-order valence-electron chi connectivity index (χ0n) is 15.3. The summed E-state index contributed by atoms with van der Waals surface area (Å²) in [5.41, 5.74) is 2.00. The van der Waals surface area contributed by atoms with E-state index in [0.717, 1.165) is 43.6 Å². The molecule has 0 unspecified atom stereocenters. The SMILES string of the molecule is COc1cc2c(OC)cc(Br)c(OC)c2c(OCc2ccccc2)c1C. The lowest BCUT2D eigenvalue weighted by Gasteiger charge is -2.20. The molecule has 3 aromatic rings. The van der Waals surface area contributed by atoms with Crippen LogP contribution in [0.1, 0.15) is 11.1 Å². The monoisotopic (exact) mass is 416 g/mol. The van der Waals surface area contributed by atoms with Crippen LogP contribution in [0.3, 0.4) is 0 Å². The van der Waals surface area contributed by atoms with Gasteiger partial charge >= 0.3 is 0 Å². The molecule has 0 aromatic heterocycles. The molecule has 0 radical (unpaired) electrons. The Labute approximate surface area is 161 Å². The predicted octanol–water partition coefficient (Wildman–Crippen LogP) is 5.52. The summed E-state index contributed by atoms with van der Waals surface area (Å²) in [6, 6.07) is 13.9. The quantitative estimate of drug-likeness (QED) is 0.530. The molecule has 3 aromatic carbocycles. The van der Waals surface area contributed by atoms with Crippen molar-refractivity contribution < 1.29 is 18.9 Å². The largest absolute Gasteiger partial charge is 0.496 e. The number of halogens is 1. The van der Waals surface area contributed by atoms with Gasteiger partial charge in [-0.2, -0.15) is 0 Å². The van der Waals surface area contributed by atoms with E-state index in [4.69, 9.17) is 18.9 Å². The van der Waals surface area contributed by atoms with Gasteiger partial charge in [-0.15, -0.1) is 0 Å². The summed E-state index contributed by atoms with van der Waals surface area (Å²) in [7, 11) is 4.94. The number of benzene rings is 3. The summed E-state index contributed by atoms with van der Waals surface area (Å²) in [5, 5.41) is 1.73. The van der Waals surface area contributed by atoms with E-state index in [1.165, 1.54) is 0 Å². The van der Waals surface area contributed by atoms with Gasteiger partial charge in [0.15, 0.2) is 0 Å². The second kappa shape index (κ2) is 7.87. The highest BCUT2D eigenvalue weighted by molar-refractivity contribution is 9.10. The Balaban J connectivity index is 2.23. The fraction of sp³-hybridized carbons (Fsp3) is 0.238. The number of rotatable bonds is 6. The van der Waals surface area contributed by atoms with Crippen LogP contribution in [0.2, 0.25) is 0 Å². The zero-order valence-corrected chi connectivity index (χ0v) is 16.8. The van der Waals surface area contributed by atoms with Crippen molar-refractivity contribution >= 4 is 26.7 Å². The maximum atomic E-state index is 6.24. The fourth-order valence-electron chi connectivity index (χ4n) is 3.02. The minimum absolute atomic E-state index is 0.446. The summed E-state index contributed by atoms with van der Waals surface area (Å²) in [5.74, 6) is 2.88. The first-order valence-electron chi connectivity index (χ1n) is 8.19. The van der Waals surface area contributed by atoms with Crippen LogP contribution in [0.15, 0.2) is 46.9 Å². The van der Waals surface area contributed by atoms with E-state index in [-0.39, 0.29) is 0 Å². The van der Waals surface area contributed by atoms with Gasteiger partial charge in [0.25, 0.3) is 0 Å². The molecule has 0 aliphatic carbocycles. The normalized spacial score (nSPS) is 10.7. The van der Waals surface area contributed by atoms with Crippen LogP contribution in [0, 0.1) is 6.92 Å². The number of fused-ring (bicyclic) bond motifs is 1. The molecule has 0 fully saturated rings. The lowest BCUT2D eigenvalue weighted by molar-refractivity contribution is 0.303. The Morgan fingerprint density at radius 3 is 2.15 bits per heavy atom. The Morgan fingerprint density at radius 2 is 1.54 bits per heavy atom. The van der Waals surface area contributed by atoms with Gasteiger partial charge in [0, 0.05) is 10.9 Å². The second-order valence-electron chi connectivity index (χ2n) is 5.82. The lowest BCUT2D eigenvalue weighted by Crippen LogP contribution is -2.02. The van der Waals surface area contributed by atoms with Crippen molar-refractivity contribution in [3.63, 3.8) is 0 Å². The maximum Gasteiger partial charge on any atom is 0.144 e. The third kappa shape index (κ3) is 3.31. The fourth-order valence-corrected chi connectivity index (χ4v) is 3.59. The van der Waals surface area contributed by atoms with Gasteiger partial charge in [-0.25, -0.2) is 0 Å². The third-order valence-electron chi connectivity index (χ3n) is 4.32. The van der Waals surface area contributed by atoms with Crippen molar-refractivity contribution in [1.82, 2.24) is 0 Å². The molecule has 0 amide bonds. The molecule has 0 heterocycles. The molecule has 0 saturated carbocycles. The van der Waals surface area contributed by atoms with Gasteiger partial charge in [-0.3, -0.25) is 0 Å². The van der Waals surface area contributed by atoms with Gasteiger partial charge in [-0.05, 0) is 40.5 Å². The van der Waals surface area contributed by atoms with Crippen LogP contribution < -0.4 is 18.9 Å². The second-order valence-corrected chi connectivity index (χ2v) is 6.68. The predicted molar refractivity (Wildman–Crippen MR) is 107 cm³/mol. The van der Waals surface area contributed by atoms with Crippen LogP contribution in [0.4, 0.5) is 0 Å². The molecular weight excluding hydrogens is 396 g/mol. The van der Waals surface area contributed by atoms with Crippen molar-refractivity contribution in [2.24, 2.45) is 0 Å². The van der Waals surface area contributed by atoms with Crippen LogP contribution in [0.25, 0.3) is 10.8 Å². The highest BCUT2D eigenvalue weighted by Gasteiger charge is 2.21. The van der Waals surface area contributed by atoms with Crippen molar-refractivity contribution in [3.8, 4) is 23.0 Å². The first-order valence-corrected chi connectivity index (χ1v) is 8.98. The molecule has 0 N–H and O–H groups in total. The molecule has 4 nitrogen and oxygen atoms in total. The molecule has 0 atom stereocenters. The maximum absolute atomic E-state index is 6.24. The number of hydrogen-bond acceptors (Lipinski definition) is 4. The zero-order chi connectivity index (χ0) is 18.7. The van der Waals surface area contributed by atoms with Crippen LogP contribution in [0.5, 0.6) is 23.0 Å². The van der Waals surface area contributed by atoms with Crippen LogP contribution in [-0.4, -0.2) is 21.3 Å². The molecule has 0 aliphatic rings. The Hall–Kier alpha value is -2.40. The van der Waals surface area contributed by atoms with Gasteiger partial charge in [0.1, 0.15) is 29.6 Å². The Bertz CT molecular complexity index is 923. The first-order chi connectivity index (χ1) is 12.6. The molecular formula is C21H21BrO4. The van der Waals surface area contributed by atoms with Gasteiger partial charge in [-0.1, -0.05) is 30.3 Å². The van der Waals surface area contributed by atoms with E-state index >= 15 is 0 Å². The Kier molecular flexibility index (Phi) is 5.57. The first kappa shape index (κ1) is 18.4. The molecule has 26 heavy (non-hydrogen) atoms. The summed E-state index contributed by atoms with van der Waals surface area (Å²) in [4.78, 5) is 0. The minimum atomic E-state index is 0.446. The smallest absolute Gasteiger partial charge is 0.144 e. The minimum Gasteiger partial charge on any atom is -0.496 e. The highest BCUT2D eigenvalue weighted by atomic mass is 79.9. The number of hydrogen-bond donors (Lipinski definition) is 0. The molecule has 5 heteroatoms. The van der Waals surface area contributed by atoms with E-state index in [2.05, 4.69) is 15.9 Å². The van der Waals surface area contributed by atoms with Gasteiger partial charge in [0.2, 0.25) is 0 Å². The standard InChI is InChI=1S/C21H21BrO4/c1-13-17(23-2)10-15-18(24-3)11-16(22)21(25-4)19(15)20(13)26-12-14-8-6-5-7-9-14/h5-11H,12H2,1-4H3. The Morgan fingerprint density at radius 1 is 0.846 bits per heavy atom. The summed E-state index contributed by atoms with van der Waals surface area (Å²) in [6.45, 7) is 2.42. The molecule has 0 aliphatic heterocycles. The van der Waals surface area contributed by atoms with E-state index in [1.807, 2.05) is 49.4 Å². The van der Waals surface area contributed by atoms with Crippen molar-refractivity contribution in [1.29, 1.82) is 0 Å². The molecule has 0 bridgehead atoms. The van der Waals surface area contributed by atoms with Crippen molar-refractivity contribution in [2.75, 3.05) is 21.3 Å². The van der Waals surface area contributed by atoms with Crippen molar-refractivity contribution in [3.05, 3.63) is 58.1 Å². The van der Waals surface area contributed by atoms with E-state index in [1.54, 1.807) is 21.3 Å². The number of methoxy groups -OCH3 is 3. The summed E-state index contributed by atoms with van der Waals surface area (Å²) < 4.78 is 23.8. The molecule has 136 valence electrons. The van der Waals surface area contributed by atoms with Crippen molar-refractivity contribution in [2.45, 2.75) is 13.5 Å². The number of ether oxygens (including phenoxy) is 4. The van der Waals surface area contributed by atoms with Gasteiger partial charge in [0.05, 0.1) is 31.2 Å². The average Bonchev–Trinajstić information content (AvgIpc) is 2.67. The molecule has 3 rings (SSSR count). The summed E-state index contributed by atoms with van der Waals surface area (Å²) in [6.07, 6.45) is 0. The van der Waals surface area contributed by atoms with E-state index < -0.39 is 0 Å². The third-order valence-corrected chi connectivity index (χ3v) is 4.91. The molecule has 0 saturated heterocycles. The lowest BCUT2D eigenvalue weighted by atomic mass is 10.0.